The Morgan fingerprint density at radius 2 is 1.59 bits per heavy atom. The lowest BCUT2D eigenvalue weighted by Gasteiger charge is -2.69. The lowest BCUT2D eigenvalue weighted by Crippen LogP contribution is -2.85. The number of nitrogens with zero attached hydrogens (tertiary/aromatic N) is 2. The molecule has 3 aliphatic rings. The van der Waals surface area contributed by atoms with E-state index in [9.17, 15) is 18.3 Å². The van der Waals surface area contributed by atoms with E-state index in [2.05, 4.69) is 0 Å². The van der Waals surface area contributed by atoms with E-state index >= 15 is 0 Å². The van der Waals surface area contributed by atoms with Crippen molar-refractivity contribution < 1.29 is 18.3 Å². The van der Waals surface area contributed by atoms with Crippen molar-refractivity contribution in [1.29, 1.82) is 0 Å². The van der Waals surface area contributed by atoms with Gasteiger partial charge in [-0.1, -0.05) is 48.5 Å². The summed E-state index contributed by atoms with van der Waals surface area (Å²) < 4.78 is 28.5. The Balaban J connectivity index is 1.54. The zero-order valence-corrected chi connectivity index (χ0v) is 16.8. The monoisotopic (exact) mass is 412 g/mol. The molecule has 6 nitrogen and oxygen atoms in total. The lowest BCUT2D eigenvalue weighted by molar-refractivity contribution is -0.168. The summed E-state index contributed by atoms with van der Waals surface area (Å²) in [4.78, 5) is 14.5. The van der Waals surface area contributed by atoms with Crippen LogP contribution in [0.4, 0.5) is 0 Å². The molecule has 1 aliphatic carbocycles. The molecule has 2 aromatic carbocycles. The first-order valence-electron chi connectivity index (χ1n) is 10.0. The van der Waals surface area contributed by atoms with Crippen LogP contribution < -0.4 is 0 Å². The van der Waals surface area contributed by atoms with Gasteiger partial charge in [0.1, 0.15) is 0 Å². The number of carbonyl (C=O) groups is 1. The molecular weight excluding hydrogens is 388 g/mol. The number of likely N-dealkylation sites (tertiary alicyclic amines) is 1. The Kier molecular flexibility index (Phi) is 4.31. The molecule has 0 radical (unpaired) electrons. The molecule has 1 spiro atoms. The maximum absolute atomic E-state index is 13.5. The molecule has 0 bridgehead atoms. The van der Waals surface area contributed by atoms with Crippen molar-refractivity contribution in [3.63, 3.8) is 0 Å². The quantitative estimate of drug-likeness (QED) is 0.813. The third kappa shape index (κ3) is 2.75. The smallest absolute Gasteiger partial charge is 0.244 e. The summed E-state index contributed by atoms with van der Waals surface area (Å²) in [5, 5.41) is 10.1. The van der Waals surface area contributed by atoms with E-state index in [1.807, 2.05) is 30.3 Å². The van der Waals surface area contributed by atoms with Crippen LogP contribution in [0.3, 0.4) is 0 Å². The fourth-order valence-corrected chi connectivity index (χ4v) is 7.05. The molecule has 152 valence electrons. The number of carbonyl (C=O) groups excluding carboxylic acids is 1. The van der Waals surface area contributed by atoms with Gasteiger partial charge in [0.05, 0.1) is 23.1 Å². The van der Waals surface area contributed by atoms with Crippen molar-refractivity contribution in [3.8, 4) is 0 Å². The Hall–Kier alpha value is -2.22. The van der Waals surface area contributed by atoms with E-state index in [0.717, 1.165) is 18.4 Å². The topological polar surface area (TPSA) is 77.9 Å². The molecule has 7 heteroatoms. The minimum absolute atomic E-state index is 0.107. The highest BCUT2D eigenvalue weighted by Crippen LogP contribution is 2.56. The van der Waals surface area contributed by atoms with E-state index in [1.165, 1.54) is 4.31 Å². The van der Waals surface area contributed by atoms with Crippen molar-refractivity contribution in [1.82, 2.24) is 9.21 Å². The Labute approximate surface area is 170 Å². The molecule has 2 atom stereocenters. The molecule has 1 saturated carbocycles. The number of aliphatic hydroxyl groups excluding tert-OH is 1. The molecule has 5 rings (SSSR count). The van der Waals surface area contributed by atoms with E-state index in [1.54, 1.807) is 35.2 Å². The van der Waals surface area contributed by atoms with Crippen LogP contribution in [0.15, 0.2) is 65.6 Å². The van der Waals surface area contributed by atoms with Gasteiger partial charge in [-0.2, -0.15) is 4.31 Å². The maximum Gasteiger partial charge on any atom is 0.244 e. The summed E-state index contributed by atoms with van der Waals surface area (Å²) in [6.45, 7) is 0.499. The van der Waals surface area contributed by atoms with Crippen molar-refractivity contribution in [2.24, 2.45) is 5.92 Å². The molecule has 2 aliphatic heterocycles. The number of benzene rings is 2. The number of sulfonamides is 1. The second kappa shape index (κ2) is 6.65. The predicted octanol–water partition coefficient (Wildman–Crippen LogP) is 1.83. The summed E-state index contributed by atoms with van der Waals surface area (Å²) in [6.07, 6.45) is 1.85. The standard InChI is InChI=1S/C22H24N2O4S/c25-13-19-20(16-7-3-1-4-8-16)22(14-23(15-22)21(26)17-11-12-17)24(19)29(27,28)18-9-5-2-6-10-18/h1-10,17,19-20,25H,11-15H2/t19-,20-/m1/s1. The highest BCUT2D eigenvalue weighted by molar-refractivity contribution is 7.89. The molecule has 29 heavy (non-hydrogen) atoms. The van der Waals surface area contributed by atoms with Crippen LogP contribution in [0.25, 0.3) is 0 Å². The second-order valence-electron chi connectivity index (χ2n) is 8.32. The minimum atomic E-state index is -3.79. The van der Waals surface area contributed by atoms with Crippen LogP contribution in [0.2, 0.25) is 0 Å². The first kappa shape index (κ1) is 18.8. The van der Waals surface area contributed by atoms with Crippen molar-refractivity contribution in [2.75, 3.05) is 19.7 Å². The van der Waals surface area contributed by atoms with Crippen LogP contribution in [-0.4, -0.2) is 59.9 Å². The zero-order valence-electron chi connectivity index (χ0n) is 16.0. The van der Waals surface area contributed by atoms with Gasteiger partial charge in [-0.05, 0) is 30.5 Å². The lowest BCUT2D eigenvalue weighted by atomic mass is 9.63. The maximum atomic E-state index is 13.5. The van der Waals surface area contributed by atoms with E-state index in [0.29, 0.717) is 13.1 Å². The van der Waals surface area contributed by atoms with E-state index in [4.69, 9.17) is 0 Å². The molecule has 2 heterocycles. The third-order valence-corrected chi connectivity index (χ3v) is 8.54. The predicted molar refractivity (Wildman–Crippen MR) is 108 cm³/mol. The minimum Gasteiger partial charge on any atom is -0.395 e. The molecule has 2 saturated heterocycles. The molecule has 1 amide bonds. The van der Waals surface area contributed by atoms with E-state index < -0.39 is 21.6 Å². The highest BCUT2D eigenvalue weighted by Gasteiger charge is 2.70. The molecule has 0 aromatic heterocycles. The Bertz CT molecular complexity index is 1020. The Morgan fingerprint density at radius 1 is 1.00 bits per heavy atom. The van der Waals surface area contributed by atoms with Gasteiger partial charge in [0.25, 0.3) is 0 Å². The van der Waals surface area contributed by atoms with Crippen LogP contribution in [0.1, 0.15) is 24.3 Å². The SMILES string of the molecule is O=C(C1CC1)N1CC2(C1)[C@H](c1ccccc1)[C@@H](CO)N2S(=O)(=O)c1ccccc1. The van der Waals surface area contributed by atoms with Crippen molar-refractivity contribution in [3.05, 3.63) is 66.2 Å². The molecular formula is C22H24N2O4S. The van der Waals surface area contributed by atoms with Crippen LogP contribution in [-0.2, 0) is 14.8 Å². The zero-order chi connectivity index (χ0) is 20.2. The summed E-state index contributed by atoms with van der Waals surface area (Å²) in [5.74, 6) is 0.0952. The largest absolute Gasteiger partial charge is 0.395 e. The summed E-state index contributed by atoms with van der Waals surface area (Å²) >= 11 is 0. The number of rotatable bonds is 5. The first-order valence-corrected chi connectivity index (χ1v) is 11.5. The van der Waals surface area contributed by atoms with Gasteiger partial charge in [0.2, 0.25) is 15.9 Å². The van der Waals surface area contributed by atoms with Gasteiger partial charge in [0, 0.05) is 24.9 Å². The van der Waals surface area contributed by atoms with Gasteiger partial charge < -0.3 is 10.0 Å². The van der Waals surface area contributed by atoms with Crippen LogP contribution >= 0.6 is 0 Å². The average Bonchev–Trinajstić information content (AvgIpc) is 3.53. The number of hydrogen-bond acceptors (Lipinski definition) is 4. The molecule has 1 N–H and O–H groups in total. The third-order valence-electron chi connectivity index (χ3n) is 6.52. The van der Waals surface area contributed by atoms with Gasteiger partial charge in [-0.25, -0.2) is 8.42 Å². The van der Waals surface area contributed by atoms with E-state index in [-0.39, 0.29) is 29.2 Å². The van der Waals surface area contributed by atoms with Crippen LogP contribution in [0, 0.1) is 5.92 Å². The Morgan fingerprint density at radius 3 is 2.14 bits per heavy atom. The fraction of sp³-hybridized carbons (Fsp3) is 0.409. The van der Waals surface area contributed by atoms with Crippen LogP contribution in [0.5, 0.6) is 0 Å². The normalized spacial score (nSPS) is 26.0. The number of hydrogen-bond donors (Lipinski definition) is 1. The molecule has 0 unspecified atom stereocenters. The van der Waals surface area contributed by atoms with Gasteiger partial charge in [0.15, 0.2) is 0 Å². The summed E-state index contributed by atoms with van der Waals surface area (Å²) in [5.41, 5.74) is 0.304. The second-order valence-corrected chi connectivity index (χ2v) is 10.1. The highest BCUT2D eigenvalue weighted by atomic mass is 32.2. The number of amides is 1. The first-order chi connectivity index (χ1) is 14.0. The summed E-state index contributed by atoms with van der Waals surface area (Å²) in [7, 11) is -3.79. The number of aliphatic hydroxyl groups is 1. The fourth-order valence-electron chi connectivity index (χ4n) is 5.07. The van der Waals surface area contributed by atoms with Crippen molar-refractivity contribution in [2.45, 2.75) is 35.2 Å². The van der Waals surface area contributed by atoms with Crippen molar-refractivity contribution >= 4 is 15.9 Å². The van der Waals surface area contributed by atoms with Gasteiger partial charge in [-0.3, -0.25) is 4.79 Å². The average molecular weight is 413 g/mol. The summed E-state index contributed by atoms with van der Waals surface area (Å²) in [6, 6.07) is 17.5. The molecule has 2 aromatic rings. The van der Waals surface area contributed by atoms with Gasteiger partial charge >= 0.3 is 0 Å². The van der Waals surface area contributed by atoms with Gasteiger partial charge in [-0.15, -0.1) is 0 Å². The molecule has 3 fully saturated rings.